The van der Waals surface area contributed by atoms with E-state index in [1.807, 2.05) is 31.2 Å². The Morgan fingerprint density at radius 2 is 1.90 bits per heavy atom. The minimum Gasteiger partial charge on any atom is -0.493 e. The fourth-order valence-electron chi connectivity index (χ4n) is 1.98. The maximum atomic E-state index is 11.4. The Bertz CT molecular complexity index is 454. The molecule has 0 saturated heterocycles. The normalized spacial score (nSPS) is 11.8. The summed E-state index contributed by atoms with van der Waals surface area (Å²) in [4.78, 5) is 22.8. The molecule has 20 heavy (non-hydrogen) atoms. The van der Waals surface area contributed by atoms with E-state index in [1.54, 1.807) is 0 Å². The van der Waals surface area contributed by atoms with Gasteiger partial charge in [0.25, 0.3) is 0 Å². The van der Waals surface area contributed by atoms with Crippen molar-refractivity contribution < 1.29 is 19.1 Å². The van der Waals surface area contributed by atoms with Gasteiger partial charge in [-0.15, -0.1) is 0 Å². The number of ketones is 1. The summed E-state index contributed by atoms with van der Waals surface area (Å²) in [5, 5.41) is 0. The summed E-state index contributed by atoms with van der Waals surface area (Å²) >= 11 is 0. The molecular formula is C16H22O4. The molecule has 110 valence electrons. The van der Waals surface area contributed by atoms with Gasteiger partial charge in [0.15, 0.2) is 0 Å². The van der Waals surface area contributed by atoms with Gasteiger partial charge in [-0.3, -0.25) is 9.59 Å². The molecule has 0 aliphatic carbocycles. The third-order valence-corrected chi connectivity index (χ3v) is 3.21. The number of hydrogen-bond donors (Lipinski definition) is 0. The second kappa shape index (κ2) is 8.35. The van der Waals surface area contributed by atoms with Gasteiger partial charge in [-0.1, -0.05) is 18.2 Å². The molecule has 1 aromatic rings. The highest BCUT2D eigenvalue weighted by atomic mass is 16.5. The van der Waals surface area contributed by atoms with Crippen molar-refractivity contribution in [3.8, 4) is 5.75 Å². The van der Waals surface area contributed by atoms with Crippen molar-refractivity contribution in [1.29, 1.82) is 0 Å². The molecule has 0 radical (unpaired) electrons. The number of esters is 1. The van der Waals surface area contributed by atoms with E-state index in [0.717, 1.165) is 24.2 Å². The molecule has 1 aromatic carbocycles. The van der Waals surface area contributed by atoms with Crippen LogP contribution in [0, 0.1) is 12.8 Å². The Labute approximate surface area is 120 Å². The van der Waals surface area contributed by atoms with E-state index in [0.29, 0.717) is 13.0 Å². The number of para-hydroxylation sites is 1. The summed E-state index contributed by atoms with van der Waals surface area (Å²) < 4.78 is 10.3. The number of carbonyl (C=O) groups is 2. The van der Waals surface area contributed by atoms with Crippen LogP contribution in [0.2, 0.25) is 0 Å². The van der Waals surface area contributed by atoms with Crippen LogP contribution in [0.1, 0.15) is 31.7 Å². The lowest BCUT2D eigenvalue weighted by Crippen LogP contribution is -2.23. The number of Topliss-reactive ketones (excluding diaryl/α,β-unsaturated/α-hetero) is 1. The molecule has 0 saturated carbocycles. The van der Waals surface area contributed by atoms with Gasteiger partial charge in [-0.2, -0.15) is 0 Å². The maximum absolute atomic E-state index is 11.4. The van der Waals surface area contributed by atoms with Gasteiger partial charge >= 0.3 is 5.97 Å². The van der Waals surface area contributed by atoms with E-state index < -0.39 is 11.9 Å². The largest absolute Gasteiger partial charge is 0.493 e. The third kappa shape index (κ3) is 5.03. The van der Waals surface area contributed by atoms with Crippen LogP contribution in [0.25, 0.3) is 0 Å². The first-order valence-corrected chi connectivity index (χ1v) is 6.83. The first-order chi connectivity index (χ1) is 9.56. The number of methoxy groups -OCH3 is 1. The molecule has 0 aliphatic heterocycles. The second-order valence-corrected chi connectivity index (χ2v) is 4.80. The zero-order valence-electron chi connectivity index (χ0n) is 12.3. The van der Waals surface area contributed by atoms with Crippen LogP contribution in [0.5, 0.6) is 5.75 Å². The van der Waals surface area contributed by atoms with Crippen LogP contribution in [-0.2, 0) is 14.3 Å². The zero-order valence-corrected chi connectivity index (χ0v) is 12.3. The number of carbonyl (C=O) groups excluding carboxylic acids is 2. The highest BCUT2D eigenvalue weighted by Crippen LogP contribution is 2.17. The lowest BCUT2D eigenvalue weighted by Gasteiger charge is -2.12. The Hall–Kier alpha value is -1.84. The summed E-state index contributed by atoms with van der Waals surface area (Å²) in [5.74, 6) is -0.351. The number of benzene rings is 1. The van der Waals surface area contributed by atoms with Crippen LogP contribution in [0.3, 0.4) is 0 Å². The van der Waals surface area contributed by atoms with E-state index in [2.05, 4.69) is 4.74 Å². The first kappa shape index (κ1) is 16.2. The molecule has 1 rings (SSSR count). The summed E-state index contributed by atoms with van der Waals surface area (Å²) in [6.07, 6.45) is 2.07. The molecule has 0 N–H and O–H groups in total. The highest BCUT2D eigenvalue weighted by Gasteiger charge is 2.23. The van der Waals surface area contributed by atoms with Crippen molar-refractivity contribution in [2.24, 2.45) is 5.92 Å². The average molecular weight is 278 g/mol. The standard InChI is InChI=1S/C16H22O4/c1-12-8-4-5-10-15(12)20-11-7-6-9-14(13(2)17)16(18)19-3/h4-5,8,10,14H,6-7,9,11H2,1-3H3. The second-order valence-electron chi connectivity index (χ2n) is 4.80. The van der Waals surface area contributed by atoms with Gasteiger partial charge in [-0.25, -0.2) is 0 Å². The Morgan fingerprint density at radius 1 is 1.20 bits per heavy atom. The van der Waals surface area contributed by atoms with Crippen LogP contribution >= 0.6 is 0 Å². The van der Waals surface area contributed by atoms with Crippen LogP contribution in [0.4, 0.5) is 0 Å². The van der Waals surface area contributed by atoms with E-state index >= 15 is 0 Å². The van der Waals surface area contributed by atoms with Gasteiger partial charge in [0.1, 0.15) is 17.5 Å². The van der Waals surface area contributed by atoms with Crippen molar-refractivity contribution in [3.63, 3.8) is 0 Å². The summed E-state index contributed by atoms with van der Waals surface area (Å²) in [6, 6.07) is 7.84. The Balaban J connectivity index is 2.29. The molecule has 1 atom stereocenters. The van der Waals surface area contributed by atoms with Gasteiger partial charge in [0, 0.05) is 0 Å². The molecule has 4 nitrogen and oxygen atoms in total. The van der Waals surface area contributed by atoms with Crippen molar-refractivity contribution >= 4 is 11.8 Å². The van der Waals surface area contributed by atoms with Gasteiger partial charge < -0.3 is 9.47 Å². The smallest absolute Gasteiger partial charge is 0.316 e. The quantitative estimate of drug-likeness (QED) is 0.417. The summed E-state index contributed by atoms with van der Waals surface area (Å²) in [6.45, 7) is 4.00. The molecule has 0 spiro atoms. The van der Waals surface area contributed by atoms with Gasteiger partial charge in [0.05, 0.1) is 13.7 Å². The molecule has 1 unspecified atom stereocenters. The van der Waals surface area contributed by atoms with Crippen molar-refractivity contribution in [3.05, 3.63) is 29.8 Å². The average Bonchev–Trinajstić information content (AvgIpc) is 2.43. The van der Waals surface area contributed by atoms with E-state index in [1.165, 1.54) is 14.0 Å². The van der Waals surface area contributed by atoms with Crippen LogP contribution < -0.4 is 4.74 Å². The van der Waals surface area contributed by atoms with E-state index in [4.69, 9.17) is 4.74 Å². The SMILES string of the molecule is COC(=O)C(CCCCOc1ccccc1C)C(C)=O. The lowest BCUT2D eigenvalue weighted by atomic mass is 9.98. The van der Waals surface area contributed by atoms with Crippen molar-refractivity contribution in [2.75, 3.05) is 13.7 Å². The highest BCUT2D eigenvalue weighted by molar-refractivity contribution is 5.97. The van der Waals surface area contributed by atoms with Gasteiger partial charge in [0.2, 0.25) is 0 Å². The predicted octanol–water partition coefficient (Wildman–Crippen LogP) is 2.92. The topological polar surface area (TPSA) is 52.6 Å². The fourth-order valence-corrected chi connectivity index (χ4v) is 1.98. The third-order valence-electron chi connectivity index (χ3n) is 3.21. The molecule has 4 heteroatoms. The minimum absolute atomic E-state index is 0.142. The van der Waals surface area contributed by atoms with Crippen molar-refractivity contribution in [1.82, 2.24) is 0 Å². The molecule has 0 bridgehead atoms. The molecule has 0 fully saturated rings. The lowest BCUT2D eigenvalue weighted by molar-refractivity contribution is -0.149. The predicted molar refractivity (Wildman–Crippen MR) is 76.7 cm³/mol. The number of aryl methyl sites for hydroxylation is 1. The van der Waals surface area contributed by atoms with Crippen LogP contribution in [0.15, 0.2) is 24.3 Å². The minimum atomic E-state index is -0.640. The van der Waals surface area contributed by atoms with Crippen LogP contribution in [-0.4, -0.2) is 25.5 Å². The molecule has 0 amide bonds. The van der Waals surface area contributed by atoms with Crippen molar-refractivity contribution in [2.45, 2.75) is 33.1 Å². The molecule has 0 aliphatic rings. The first-order valence-electron chi connectivity index (χ1n) is 6.83. The number of unbranched alkanes of at least 4 members (excludes halogenated alkanes) is 1. The summed E-state index contributed by atoms with van der Waals surface area (Å²) in [5.41, 5.74) is 1.10. The molecule has 0 heterocycles. The number of ether oxygens (including phenoxy) is 2. The van der Waals surface area contributed by atoms with E-state index in [-0.39, 0.29) is 5.78 Å². The fraction of sp³-hybridized carbons (Fsp3) is 0.500. The Kier molecular flexibility index (Phi) is 6.77. The molecular weight excluding hydrogens is 256 g/mol. The Morgan fingerprint density at radius 3 is 2.50 bits per heavy atom. The van der Waals surface area contributed by atoms with Gasteiger partial charge in [-0.05, 0) is 44.7 Å². The zero-order chi connectivity index (χ0) is 15.0. The molecule has 0 aromatic heterocycles. The number of hydrogen-bond acceptors (Lipinski definition) is 4. The summed E-state index contributed by atoms with van der Waals surface area (Å²) in [7, 11) is 1.31. The monoisotopic (exact) mass is 278 g/mol. The van der Waals surface area contributed by atoms with E-state index in [9.17, 15) is 9.59 Å². The number of rotatable bonds is 8. The maximum Gasteiger partial charge on any atom is 0.316 e.